The topological polar surface area (TPSA) is 187 Å². The Kier molecular flexibility index (Phi) is 6.68. The Labute approximate surface area is 181 Å². The number of benzene rings is 2. The molecule has 1 unspecified atom stereocenters. The molecule has 7 N–H and O–H groups in total. The minimum atomic E-state index is -1.30. The Bertz CT molecular complexity index is 1220. The third kappa shape index (κ3) is 5.59. The summed E-state index contributed by atoms with van der Waals surface area (Å²) in [7, 11) is 0. The van der Waals surface area contributed by atoms with Crippen molar-refractivity contribution < 1.29 is 24.6 Å². The number of aliphatic carboxylic acids is 2. The number of carboxylic acids is 2. The quantitative estimate of drug-likeness (QED) is 0.284. The minimum Gasteiger partial charge on any atom is -0.481 e. The Morgan fingerprint density at radius 3 is 2.47 bits per heavy atom. The molecule has 0 spiro atoms. The molecule has 0 radical (unpaired) electrons. The minimum absolute atomic E-state index is 0.0453. The number of carbonyl (C=O) groups is 3. The third-order valence-corrected chi connectivity index (χ3v) is 4.69. The van der Waals surface area contributed by atoms with E-state index in [1.54, 1.807) is 42.5 Å². The fourth-order valence-corrected chi connectivity index (χ4v) is 3.01. The van der Waals surface area contributed by atoms with Crippen LogP contribution in [0.5, 0.6) is 0 Å². The van der Waals surface area contributed by atoms with Crippen molar-refractivity contribution in [1.29, 1.82) is 0 Å². The van der Waals surface area contributed by atoms with Gasteiger partial charge < -0.3 is 26.6 Å². The van der Waals surface area contributed by atoms with Gasteiger partial charge in [-0.3, -0.25) is 19.4 Å². The average Bonchev–Trinajstić information content (AvgIpc) is 2.75. The number of fused-ring (bicyclic) bond motifs is 1. The molecule has 32 heavy (non-hydrogen) atoms. The molecular weight excluding hydrogens is 418 g/mol. The van der Waals surface area contributed by atoms with E-state index in [1.165, 1.54) is 0 Å². The molecule has 0 saturated carbocycles. The summed E-state index contributed by atoms with van der Waals surface area (Å²) >= 11 is 0. The Morgan fingerprint density at radius 2 is 1.81 bits per heavy atom. The zero-order chi connectivity index (χ0) is 23.3. The van der Waals surface area contributed by atoms with Crippen LogP contribution in [0.3, 0.4) is 0 Å². The monoisotopic (exact) mass is 439 g/mol. The van der Waals surface area contributed by atoms with Gasteiger partial charge in [0.2, 0.25) is 5.95 Å². The van der Waals surface area contributed by atoms with Crippen molar-refractivity contribution in [2.45, 2.75) is 25.4 Å². The molecule has 2 aromatic carbocycles. The predicted molar refractivity (Wildman–Crippen MR) is 116 cm³/mol. The van der Waals surface area contributed by atoms with E-state index in [9.17, 15) is 19.2 Å². The molecule has 1 heterocycles. The van der Waals surface area contributed by atoms with Crippen LogP contribution in [0.15, 0.2) is 47.3 Å². The van der Waals surface area contributed by atoms with Crippen LogP contribution in [0, 0.1) is 0 Å². The van der Waals surface area contributed by atoms with E-state index in [1.807, 2.05) is 0 Å². The zero-order valence-corrected chi connectivity index (χ0v) is 16.8. The highest BCUT2D eigenvalue weighted by Crippen LogP contribution is 2.16. The van der Waals surface area contributed by atoms with Gasteiger partial charge in [0, 0.05) is 24.2 Å². The van der Waals surface area contributed by atoms with Crippen molar-refractivity contribution in [2.75, 3.05) is 11.1 Å². The van der Waals surface area contributed by atoms with Gasteiger partial charge in [0.05, 0.1) is 10.9 Å². The number of nitrogen functional groups attached to an aromatic ring is 1. The van der Waals surface area contributed by atoms with Crippen molar-refractivity contribution >= 4 is 40.4 Å². The van der Waals surface area contributed by atoms with E-state index in [0.717, 1.165) is 5.56 Å². The smallest absolute Gasteiger partial charge is 0.326 e. The van der Waals surface area contributed by atoms with Crippen LogP contribution in [0.4, 0.5) is 11.6 Å². The van der Waals surface area contributed by atoms with E-state index in [4.69, 9.17) is 15.9 Å². The van der Waals surface area contributed by atoms with Crippen LogP contribution in [-0.4, -0.2) is 44.1 Å². The number of nitrogens with one attached hydrogen (secondary N) is 3. The van der Waals surface area contributed by atoms with E-state index in [0.29, 0.717) is 23.1 Å². The van der Waals surface area contributed by atoms with Crippen molar-refractivity contribution in [3.05, 3.63) is 63.9 Å². The lowest BCUT2D eigenvalue weighted by Crippen LogP contribution is -2.41. The molecule has 3 rings (SSSR count). The fraction of sp³-hybridized carbons (Fsp3) is 0.190. The number of carboxylic acid groups (broad SMARTS) is 2. The van der Waals surface area contributed by atoms with E-state index in [-0.39, 0.29) is 29.9 Å². The molecule has 166 valence electrons. The number of aromatic nitrogens is 2. The molecule has 0 aliphatic carbocycles. The Morgan fingerprint density at radius 1 is 1.09 bits per heavy atom. The number of hydrogen-bond donors (Lipinski definition) is 6. The molecule has 1 amide bonds. The van der Waals surface area contributed by atoms with Gasteiger partial charge in [-0.15, -0.1) is 0 Å². The van der Waals surface area contributed by atoms with Crippen LogP contribution >= 0.6 is 0 Å². The number of hydrogen-bond acceptors (Lipinski definition) is 7. The van der Waals surface area contributed by atoms with Gasteiger partial charge in [0.15, 0.2) is 0 Å². The molecule has 0 bridgehead atoms. The molecule has 0 aliphatic rings. The van der Waals surface area contributed by atoms with Crippen LogP contribution in [0.25, 0.3) is 10.9 Å². The molecule has 0 aliphatic heterocycles. The van der Waals surface area contributed by atoms with Gasteiger partial charge in [0.1, 0.15) is 6.04 Å². The summed E-state index contributed by atoms with van der Waals surface area (Å²) in [6, 6.07) is 10.3. The average molecular weight is 439 g/mol. The number of amides is 1. The zero-order valence-electron chi connectivity index (χ0n) is 16.8. The number of nitrogens with two attached hydrogens (primary N) is 1. The molecule has 11 heteroatoms. The highest BCUT2D eigenvalue weighted by atomic mass is 16.4. The number of aromatic amines is 1. The van der Waals surface area contributed by atoms with Gasteiger partial charge in [-0.2, -0.15) is 0 Å². The Balaban J connectivity index is 1.62. The number of H-pyrrole nitrogens is 1. The summed E-state index contributed by atoms with van der Waals surface area (Å²) in [5.41, 5.74) is 7.46. The second-order valence-electron chi connectivity index (χ2n) is 7.03. The highest BCUT2D eigenvalue weighted by Gasteiger charge is 2.21. The standard InChI is InChI=1S/C21H21N5O6/c22-21-25-15-6-5-13(9-14(15)19(30)26-21)23-10-11-1-3-12(4-2-11)18(29)24-16(20(31)32)7-8-17(27)28/h1-6,9,16,23H,7-8,10H2,(H,24,29)(H,27,28)(H,31,32)(H3,22,25,26,30). The second kappa shape index (κ2) is 9.60. The molecule has 11 nitrogen and oxygen atoms in total. The molecule has 3 aromatic rings. The van der Waals surface area contributed by atoms with Crippen molar-refractivity contribution in [3.63, 3.8) is 0 Å². The normalized spacial score (nSPS) is 11.6. The maximum atomic E-state index is 12.3. The van der Waals surface area contributed by atoms with E-state index >= 15 is 0 Å². The predicted octanol–water partition coefficient (Wildman–Crippen LogP) is 1.17. The molecule has 1 aromatic heterocycles. The summed E-state index contributed by atoms with van der Waals surface area (Å²) in [6.45, 7) is 0.407. The number of carbonyl (C=O) groups excluding carboxylic acids is 1. The summed E-state index contributed by atoms with van der Waals surface area (Å²) in [4.78, 5) is 52.7. The summed E-state index contributed by atoms with van der Waals surface area (Å²) in [5.74, 6) is -3.00. The van der Waals surface area contributed by atoms with Crippen molar-refractivity contribution in [3.8, 4) is 0 Å². The molecule has 1 atom stereocenters. The first-order chi connectivity index (χ1) is 15.2. The number of rotatable bonds is 9. The largest absolute Gasteiger partial charge is 0.481 e. The Hall–Kier alpha value is -4.41. The van der Waals surface area contributed by atoms with Crippen molar-refractivity contribution in [1.82, 2.24) is 15.3 Å². The fourth-order valence-electron chi connectivity index (χ4n) is 3.01. The number of nitrogens with zero attached hydrogens (tertiary/aromatic N) is 1. The lowest BCUT2D eigenvalue weighted by atomic mass is 10.1. The van der Waals surface area contributed by atoms with Gasteiger partial charge in [-0.1, -0.05) is 12.1 Å². The first kappa shape index (κ1) is 22.3. The second-order valence-corrected chi connectivity index (χ2v) is 7.03. The maximum Gasteiger partial charge on any atom is 0.326 e. The van der Waals surface area contributed by atoms with Crippen LogP contribution in [-0.2, 0) is 16.1 Å². The summed E-state index contributed by atoms with van der Waals surface area (Å²) < 4.78 is 0. The lowest BCUT2D eigenvalue weighted by molar-refractivity contribution is -0.140. The van der Waals surface area contributed by atoms with E-state index < -0.39 is 23.9 Å². The summed E-state index contributed by atoms with van der Waals surface area (Å²) in [6.07, 6.45) is -0.582. The molecule has 0 saturated heterocycles. The maximum absolute atomic E-state index is 12.3. The van der Waals surface area contributed by atoms with Gasteiger partial charge in [-0.05, 0) is 42.3 Å². The van der Waals surface area contributed by atoms with Crippen LogP contribution in [0.2, 0.25) is 0 Å². The van der Waals surface area contributed by atoms with Gasteiger partial charge >= 0.3 is 11.9 Å². The SMILES string of the molecule is Nc1nc2ccc(NCc3ccc(C(=O)NC(CCC(=O)O)C(=O)O)cc3)cc2c(=O)[nH]1. The van der Waals surface area contributed by atoms with E-state index in [2.05, 4.69) is 20.6 Å². The first-order valence-electron chi connectivity index (χ1n) is 9.61. The van der Waals surface area contributed by atoms with Gasteiger partial charge in [-0.25, -0.2) is 9.78 Å². The van der Waals surface area contributed by atoms with Crippen LogP contribution in [0.1, 0.15) is 28.8 Å². The van der Waals surface area contributed by atoms with Crippen LogP contribution < -0.4 is 21.9 Å². The van der Waals surface area contributed by atoms with Gasteiger partial charge in [0.25, 0.3) is 11.5 Å². The molecular formula is C21H21N5O6. The lowest BCUT2D eigenvalue weighted by Gasteiger charge is -2.14. The third-order valence-electron chi connectivity index (χ3n) is 4.69. The molecule has 0 fully saturated rings. The first-order valence-corrected chi connectivity index (χ1v) is 9.61. The highest BCUT2D eigenvalue weighted by molar-refractivity contribution is 5.96. The number of anilines is 2. The summed E-state index contributed by atoms with van der Waals surface area (Å²) in [5, 5.41) is 23.7. The van der Waals surface area contributed by atoms with Crippen molar-refractivity contribution in [2.24, 2.45) is 0 Å².